The van der Waals surface area contributed by atoms with Crippen LogP contribution in [0.15, 0.2) is 23.1 Å². The zero-order valence-corrected chi connectivity index (χ0v) is 10.3. The van der Waals surface area contributed by atoms with Gasteiger partial charge in [0.15, 0.2) is 0 Å². The molecule has 1 aromatic rings. The third-order valence-corrected chi connectivity index (χ3v) is 3.53. The number of sulfonamides is 1. The molecule has 0 aliphatic carbocycles. The molecule has 0 amide bonds. The van der Waals surface area contributed by atoms with E-state index in [1.807, 2.05) is 0 Å². The minimum Gasteiger partial charge on any atom is -0.545 e. The Morgan fingerprint density at radius 1 is 1.50 bits per heavy atom. The first kappa shape index (κ1) is 14.6. The second-order valence-electron chi connectivity index (χ2n) is 3.32. The topological polar surface area (TPSA) is 95.5 Å². The molecule has 0 fully saturated rings. The lowest BCUT2D eigenvalue weighted by Gasteiger charge is -2.09. The van der Waals surface area contributed by atoms with Crippen LogP contribution in [-0.2, 0) is 14.8 Å². The van der Waals surface area contributed by atoms with Crippen LogP contribution in [0.2, 0.25) is 0 Å². The Balaban J connectivity index is 3.07. The number of rotatable bonds is 6. The first-order chi connectivity index (χ1) is 8.38. The summed E-state index contributed by atoms with van der Waals surface area (Å²) in [6.45, 7) is 0.0643. The Hall–Kier alpha value is -1.51. The van der Waals surface area contributed by atoms with Crippen molar-refractivity contribution in [2.24, 2.45) is 0 Å². The lowest BCUT2D eigenvalue weighted by atomic mass is 10.2. The summed E-state index contributed by atoms with van der Waals surface area (Å²) >= 11 is 0. The van der Waals surface area contributed by atoms with E-state index in [0.717, 1.165) is 12.1 Å². The number of carboxylic acids is 1. The Labute approximate surface area is 103 Å². The fourth-order valence-electron chi connectivity index (χ4n) is 1.19. The molecule has 0 heterocycles. The monoisotopic (exact) mass is 276 g/mol. The van der Waals surface area contributed by atoms with Gasteiger partial charge in [-0.25, -0.2) is 17.5 Å². The molecule has 18 heavy (non-hydrogen) atoms. The second kappa shape index (κ2) is 5.89. The lowest BCUT2D eigenvalue weighted by molar-refractivity contribution is -0.255. The van der Waals surface area contributed by atoms with Crippen molar-refractivity contribution in [1.29, 1.82) is 0 Å². The van der Waals surface area contributed by atoms with E-state index in [4.69, 9.17) is 0 Å². The smallest absolute Gasteiger partial charge is 0.243 e. The fourth-order valence-corrected chi connectivity index (χ4v) is 2.31. The average molecular weight is 276 g/mol. The van der Waals surface area contributed by atoms with Crippen LogP contribution in [0, 0.1) is 5.82 Å². The standard InChI is InChI=1S/C10H12FNO5S/c1-17-5-4-12-18(15,16)9-6-7(10(13)14)2-3-8(9)11/h2-3,6,12H,4-5H2,1H3,(H,13,14)/p-1. The number of hydrogen-bond donors (Lipinski definition) is 1. The molecule has 1 N–H and O–H groups in total. The highest BCUT2D eigenvalue weighted by Gasteiger charge is 2.19. The summed E-state index contributed by atoms with van der Waals surface area (Å²) in [4.78, 5) is 9.85. The van der Waals surface area contributed by atoms with Crippen LogP contribution >= 0.6 is 0 Å². The molecule has 0 aliphatic rings. The van der Waals surface area contributed by atoms with E-state index in [-0.39, 0.29) is 13.2 Å². The molecule has 0 radical (unpaired) electrons. The molecule has 1 aromatic carbocycles. The van der Waals surface area contributed by atoms with E-state index in [1.165, 1.54) is 7.11 Å². The Morgan fingerprint density at radius 3 is 2.72 bits per heavy atom. The second-order valence-corrected chi connectivity index (χ2v) is 5.06. The van der Waals surface area contributed by atoms with Gasteiger partial charge in [-0.3, -0.25) is 0 Å². The molecule has 0 aliphatic heterocycles. The van der Waals surface area contributed by atoms with Gasteiger partial charge in [0.2, 0.25) is 10.0 Å². The van der Waals surface area contributed by atoms with Crippen molar-refractivity contribution in [1.82, 2.24) is 4.72 Å². The van der Waals surface area contributed by atoms with Gasteiger partial charge in [-0.15, -0.1) is 0 Å². The number of halogens is 1. The third kappa shape index (κ3) is 3.49. The van der Waals surface area contributed by atoms with E-state index < -0.39 is 32.3 Å². The number of aromatic carboxylic acids is 1. The van der Waals surface area contributed by atoms with Crippen molar-refractivity contribution in [3.8, 4) is 0 Å². The first-order valence-electron chi connectivity index (χ1n) is 4.88. The maximum absolute atomic E-state index is 13.4. The Bertz CT molecular complexity index is 543. The number of carbonyl (C=O) groups excluding carboxylic acids is 1. The zero-order valence-electron chi connectivity index (χ0n) is 9.47. The lowest BCUT2D eigenvalue weighted by Crippen LogP contribution is -2.29. The summed E-state index contributed by atoms with van der Waals surface area (Å²) in [5.74, 6) is -2.62. The molecular formula is C10H11FNO5S-. The minimum absolute atomic E-state index is 0.0478. The van der Waals surface area contributed by atoms with Crippen molar-refractivity contribution in [2.45, 2.75) is 4.90 Å². The van der Waals surface area contributed by atoms with Gasteiger partial charge in [0.25, 0.3) is 0 Å². The minimum atomic E-state index is -4.12. The number of ether oxygens (including phenoxy) is 1. The normalized spacial score (nSPS) is 11.4. The number of carbonyl (C=O) groups is 1. The quantitative estimate of drug-likeness (QED) is 0.680. The van der Waals surface area contributed by atoms with Crippen molar-refractivity contribution in [3.63, 3.8) is 0 Å². The number of benzene rings is 1. The molecular weight excluding hydrogens is 265 g/mol. The van der Waals surface area contributed by atoms with E-state index in [9.17, 15) is 22.7 Å². The van der Waals surface area contributed by atoms with Crippen LogP contribution in [0.1, 0.15) is 10.4 Å². The zero-order chi connectivity index (χ0) is 13.8. The molecule has 0 spiro atoms. The molecule has 0 bridgehead atoms. The molecule has 0 unspecified atom stereocenters. The van der Waals surface area contributed by atoms with Gasteiger partial charge in [-0.05, 0) is 17.7 Å². The molecule has 1 rings (SSSR count). The van der Waals surface area contributed by atoms with Crippen molar-refractivity contribution in [2.75, 3.05) is 20.3 Å². The summed E-state index contributed by atoms with van der Waals surface area (Å²) in [5, 5.41) is 10.6. The molecule has 8 heteroatoms. The van der Waals surface area contributed by atoms with E-state index in [0.29, 0.717) is 6.07 Å². The summed E-state index contributed by atoms with van der Waals surface area (Å²) in [7, 11) is -2.73. The molecule has 100 valence electrons. The molecule has 6 nitrogen and oxygen atoms in total. The van der Waals surface area contributed by atoms with Crippen LogP contribution in [0.3, 0.4) is 0 Å². The summed E-state index contributed by atoms with van der Waals surface area (Å²) in [6.07, 6.45) is 0. The van der Waals surface area contributed by atoms with Gasteiger partial charge >= 0.3 is 0 Å². The maximum atomic E-state index is 13.4. The van der Waals surface area contributed by atoms with Crippen LogP contribution in [0.4, 0.5) is 4.39 Å². The van der Waals surface area contributed by atoms with Crippen molar-refractivity contribution < 1.29 is 27.4 Å². The highest BCUT2D eigenvalue weighted by Crippen LogP contribution is 2.15. The predicted molar refractivity (Wildman–Crippen MR) is 57.8 cm³/mol. The highest BCUT2D eigenvalue weighted by molar-refractivity contribution is 7.89. The van der Waals surface area contributed by atoms with Crippen LogP contribution in [0.25, 0.3) is 0 Å². The Kier molecular flexibility index (Phi) is 4.76. The largest absolute Gasteiger partial charge is 0.545 e. The third-order valence-electron chi connectivity index (χ3n) is 2.05. The molecule has 0 aromatic heterocycles. The van der Waals surface area contributed by atoms with Gasteiger partial charge < -0.3 is 14.6 Å². The number of methoxy groups -OCH3 is 1. The van der Waals surface area contributed by atoms with Gasteiger partial charge in [-0.1, -0.05) is 6.07 Å². The molecule has 0 atom stereocenters. The maximum Gasteiger partial charge on any atom is 0.243 e. The highest BCUT2D eigenvalue weighted by atomic mass is 32.2. The van der Waals surface area contributed by atoms with E-state index >= 15 is 0 Å². The summed E-state index contributed by atoms with van der Waals surface area (Å²) < 4.78 is 43.5. The molecule has 0 saturated carbocycles. The summed E-state index contributed by atoms with van der Waals surface area (Å²) in [6, 6.07) is 2.40. The SMILES string of the molecule is COCCNS(=O)(=O)c1cc(C(=O)[O-])ccc1F. The molecule has 0 saturated heterocycles. The van der Waals surface area contributed by atoms with Crippen LogP contribution in [0.5, 0.6) is 0 Å². The Morgan fingerprint density at radius 2 is 2.17 bits per heavy atom. The van der Waals surface area contributed by atoms with Crippen molar-refractivity contribution >= 4 is 16.0 Å². The predicted octanol–water partition coefficient (Wildman–Crippen LogP) is -0.886. The van der Waals surface area contributed by atoms with Gasteiger partial charge in [0.1, 0.15) is 10.7 Å². The van der Waals surface area contributed by atoms with Gasteiger partial charge in [0, 0.05) is 13.7 Å². The number of nitrogens with one attached hydrogen (secondary N) is 1. The van der Waals surface area contributed by atoms with Crippen LogP contribution < -0.4 is 9.83 Å². The summed E-state index contributed by atoms with van der Waals surface area (Å²) in [5.41, 5.74) is -0.413. The number of carboxylic acid groups (broad SMARTS) is 1. The fraction of sp³-hybridized carbons (Fsp3) is 0.300. The first-order valence-corrected chi connectivity index (χ1v) is 6.36. The van der Waals surface area contributed by atoms with E-state index in [2.05, 4.69) is 9.46 Å². The number of hydrogen-bond acceptors (Lipinski definition) is 5. The average Bonchev–Trinajstić information content (AvgIpc) is 2.29. The van der Waals surface area contributed by atoms with Gasteiger partial charge in [0.05, 0.1) is 12.6 Å². The van der Waals surface area contributed by atoms with Crippen molar-refractivity contribution in [3.05, 3.63) is 29.6 Å². The van der Waals surface area contributed by atoms with E-state index in [1.54, 1.807) is 0 Å². The van der Waals surface area contributed by atoms with Gasteiger partial charge in [-0.2, -0.15) is 0 Å². The van der Waals surface area contributed by atoms with Crippen LogP contribution in [-0.4, -0.2) is 34.6 Å².